The number of aliphatic hydroxyl groups excluding tert-OH is 1. The van der Waals surface area contributed by atoms with Gasteiger partial charge in [-0.3, -0.25) is 4.79 Å². The summed E-state index contributed by atoms with van der Waals surface area (Å²) in [4.78, 5) is 20.2. The van der Waals surface area contributed by atoms with Crippen LogP contribution in [0.5, 0.6) is 0 Å². The fourth-order valence-electron chi connectivity index (χ4n) is 1.97. The van der Waals surface area contributed by atoms with E-state index in [1.165, 1.54) is 6.20 Å². The molecule has 5 nitrogen and oxygen atoms in total. The number of rotatable bonds is 4. The van der Waals surface area contributed by atoms with Crippen molar-refractivity contribution in [1.29, 1.82) is 0 Å². The van der Waals surface area contributed by atoms with Crippen molar-refractivity contribution in [2.24, 2.45) is 0 Å². The molecule has 0 fully saturated rings. The third-order valence-corrected chi connectivity index (χ3v) is 3.68. The lowest BCUT2D eigenvalue weighted by Crippen LogP contribution is -2.29. The van der Waals surface area contributed by atoms with Gasteiger partial charge in [-0.2, -0.15) is 0 Å². The number of hydrogen-bond donors (Lipinski definition) is 2. The van der Waals surface area contributed by atoms with Gasteiger partial charge in [0.25, 0.3) is 5.91 Å². The van der Waals surface area contributed by atoms with E-state index in [2.05, 4.69) is 15.3 Å². The maximum atomic E-state index is 12.1. The second-order valence-corrected chi connectivity index (χ2v) is 5.65. The molecule has 0 spiro atoms. The summed E-state index contributed by atoms with van der Waals surface area (Å²) in [6.07, 6.45) is 0.537. The number of benzene rings is 1. The number of nitrogens with one attached hydrogen (secondary N) is 1. The minimum Gasteiger partial charge on any atom is -0.387 e. The number of hydrogen-bond acceptors (Lipinski definition) is 4. The van der Waals surface area contributed by atoms with Gasteiger partial charge in [-0.15, -0.1) is 0 Å². The van der Waals surface area contributed by atoms with Gasteiger partial charge in [-0.1, -0.05) is 29.3 Å². The van der Waals surface area contributed by atoms with Crippen LogP contribution >= 0.6 is 23.2 Å². The van der Waals surface area contributed by atoms with Crippen LogP contribution in [0.2, 0.25) is 10.0 Å². The fraction of sp³-hybridized carbons (Fsp3) is 0.267. The van der Waals surface area contributed by atoms with Crippen LogP contribution in [-0.2, 0) is 0 Å². The molecule has 1 unspecified atom stereocenters. The summed E-state index contributed by atoms with van der Waals surface area (Å²) in [6.45, 7) is 3.50. The van der Waals surface area contributed by atoms with E-state index >= 15 is 0 Å². The first-order valence-electron chi connectivity index (χ1n) is 6.60. The zero-order valence-electron chi connectivity index (χ0n) is 12.1. The lowest BCUT2D eigenvalue weighted by molar-refractivity contribution is 0.0915. The third-order valence-electron chi connectivity index (χ3n) is 3.12. The van der Waals surface area contributed by atoms with Gasteiger partial charge < -0.3 is 10.4 Å². The van der Waals surface area contributed by atoms with E-state index < -0.39 is 6.10 Å². The number of aromatic nitrogens is 2. The van der Waals surface area contributed by atoms with E-state index in [4.69, 9.17) is 23.2 Å². The van der Waals surface area contributed by atoms with Gasteiger partial charge in [0.05, 0.1) is 17.4 Å². The predicted octanol–water partition coefficient (Wildman–Crippen LogP) is 2.86. The SMILES string of the molecule is Cc1ncc(C(=O)NCC(O)c2ccc(Cl)cc2Cl)c(C)n1. The van der Waals surface area contributed by atoms with Crippen molar-refractivity contribution in [2.45, 2.75) is 20.0 Å². The van der Waals surface area contributed by atoms with E-state index in [0.29, 0.717) is 32.7 Å². The normalized spacial score (nSPS) is 12.0. The number of carbonyl (C=O) groups excluding carboxylic acids is 1. The molecular formula is C15H15Cl2N3O2. The highest BCUT2D eigenvalue weighted by molar-refractivity contribution is 6.35. The number of nitrogens with zero attached hydrogens (tertiary/aromatic N) is 2. The van der Waals surface area contributed by atoms with Gasteiger partial charge in [0.2, 0.25) is 0 Å². The van der Waals surface area contributed by atoms with Crippen molar-refractivity contribution < 1.29 is 9.90 Å². The van der Waals surface area contributed by atoms with Crippen molar-refractivity contribution in [3.8, 4) is 0 Å². The number of aliphatic hydroxyl groups is 1. The van der Waals surface area contributed by atoms with Crippen molar-refractivity contribution >= 4 is 29.1 Å². The monoisotopic (exact) mass is 339 g/mol. The van der Waals surface area contributed by atoms with E-state index in [1.54, 1.807) is 32.0 Å². The van der Waals surface area contributed by atoms with E-state index in [-0.39, 0.29) is 12.5 Å². The van der Waals surface area contributed by atoms with Gasteiger partial charge in [0.1, 0.15) is 5.82 Å². The minimum absolute atomic E-state index is 0.0213. The molecule has 0 radical (unpaired) electrons. The molecule has 116 valence electrons. The zero-order chi connectivity index (χ0) is 16.3. The van der Waals surface area contributed by atoms with E-state index in [1.807, 2.05) is 0 Å². The van der Waals surface area contributed by atoms with Gasteiger partial charge in [0, 0.05) is 28.4 Å². The predicted molar refractivity (Wildman–Crippen MR) is 85.3 cm³/mol. The van der Waals surface area contributed by atoms with Crippen molar-refractivity contribution in [2.75, 3.05) is 6.54 Å². The lowest BCUT2D eigenvalue weighted by atomic mass is 10.1. The molecule has 0 aliphatic carbocycles. The highest BCUT2D eigenvalue weighted by atomic mass is 35.5. The Morgan fingerprint density at radius 3 is 2.73 bits per heavy atom. The Kier molecular flexibility index (Phi) is 5.34. The molecule has 0 aliphatic heterocycles. The van der Waals surface area contributed by atoms with Crippen LogP contribution in [0.3, 0.4) is 0 Å². The second kappa shape index (κ2) is 7.05. The van der Waals surface area contributed by atoms with Crippen LogP contribution in [0.15, 0.2) is 24.4 Å². The average molecular weight is 340 g/mol. The molecule has 1 aromatic carbocycles. The van der Waals surface area contributed by atoms with Crippen LogP contribution in [0.4, 0.5) is 0 Å². The van der Waals surface area contributed by atoms with Gasteiger partial charge in [-0.25, -0.2) is 9.97 Å². The Labute approximate surface area is 138 Å². The quantitative estimate of drug-likeness (QED) is 0.897. The second-order valence-electron chi connectivity index (χ2n) is 4.81. The molecule has 0 aliphatic rings. The highest BCUT2D eigenvalue weighted by Crippen LogP contribution is 2.25. The Morgan fingerprint density at radius 1 is 1.36 bits per heavy atom. The third kappa shape index (κ3) is 3.94. The summed E-state index contributed by atoms with van der Waals surface area (Å²) < 4.78 is 0. The molecular weight excluding hydrogens is 325 g/mol. The van der Waals surface area contributed by atoms with Gasteiger partial charge >= 0.3 is 0 Å². The largest absolute Gasteiger partial charge is 0.387 e. The summed E-state index contributed by atoms with van der Waals surface area (Å²) in [5.41, 5.74) is 1.47. The molecule has 2 aromatic rings. The molecule has 22 heavy (non-hydrogen) atoms. The summed E-state index contributed by atoms with van der Waals surface area (Å²) >= 11 is 11.8. The number of amides is 1. The smallest absolute Gasteiger partial charge is 0.254 e. The van der Waals surface area contributed by atoms with E-state index in [9.17, 15) is 9.90 Å². The number of carbonyl (C=O) groups is 1. The molecule has 0 bridgehead atoms. The average Bonchev–Trinajstić information content (AvgIpc) is 2.44. The maximum absolute atomic E-state index is 12.1. The van der Waals surface area contributed by atoms with Crippen molar-refractivity contribution in [3.63, 3.8) is 0 Å². The molecule has 2 rings (SSSR count). The maximum Gasteiger partial charge on any atom is 0.254 e. The summed E-state index contributed by atoms with van der Waals surface area (Å²) in [7, 11) is 0. The zero-order valence-corrected chi connectivity index (χ0v) is 13.6. The fourth-order valence-corrected chi connectivity index (χ4v) is 2.51. The van der Waals surface area contributed by atoms with Crippen LogP contribution in [0.25, 0.3) is 0 Å². The summed E-state index contributed by atoms with van der Waals surface area (Å²) in [5.74, 6) is 0.253. The highest BCUT2D eigenvalue weighted by Gasteiger charge is 2.15. The molecule has 1 heterocycles. The van der Waals surface area contributed by atoms with Crippen molar-refractivity contribution in [1.82, 2.24) is 15.3 Å². The topological polar surface area (TPSA) is 75.1 Å². The van der Waals surface area contributed by atoms with Crippen molar-refractivity contribution in [3.05, 3.63) is 57.1 Å². The molecule has 1 aromatic heterocycles. The minimum atomic E-state index is -0.930. The molecule has 1 atom stereocenters. The summed E-state index contributed by atoms with van der Waals surface area (Å²) in [6, 6.07) is 4.80. The molecule has 0 saturated carbocycles. The van der Waals surface area contributed by atoms with Crippen LogP contribution < -0.4 is 5.32 Å². The first kappa shape index (κ1) is 16.7. The van der Waals surface area contributed by atoms with Gasteiger partial charge in [-0.05, 0) is 26.0 Å². The number of aryl methyl sites for hydroxylation is 2. The standard InChI is InChI=1S/C15H15Cl2N3O2/c1-8-12(6-18-9(2)20-8)15(22)19-7-14(21)11-4-3-10(16)5-13(11)17/h3-6,14,21H,7H2,1-2H3,(H,19,22). The van der Waals surface area contributed by atoms with Crippen LogP contribution in [-0.4, -0.2) is 27.5 Å². The molecule has 7 heteroatoms. The Hall–Kier alpha value is -1.69. The number of halogens is 2. The van der Waals surface area contributed by atoms with Crippen LogP contribution in [0, 0.1) is 13.8 Å². The lowest BCUT2D eigenvalue weighted by Gasteiger charge is -2.14. The first-order valence-corrected chi connectivity index (χ1v) is 7.35. The summed E-state index contributed by atoms with van der Waals surface area (Å²) in [5, 5.41) is 13.6. The molecule has 1 amide bonds. The van der Waals surface area contributed by atoms with Crippen LogP contribution in [0.1, 0.15) is 33.5 Å². The Morgan fingerprint density at radius 2 is 2.09 bits per heavy atom. The van der Waals surface area contributed by atoms with E-state index in [0.717, 1.165) is 0 Å². The Bertz CT molecular complexity index is 707. The van der Waals surface area contributed by atoms with Gasteiger partial charge in [0.15, 0.2) is 0 Å². The molecule has 0 saturated heterocycles. The molecule has 2 N–H and O–H groups in total. The Balaban J connectivity index is 2.04. The first-order chi connectivity index (χ1) is 10.4.